The third kappa shape index (κ3) is 1.87. The van der Waals surface area contributed by atoms with Crippen molar-refractivity contribution in [1.82, 2.24) is 9.55 Å². The van der Waals surface area contributed by atoms with Crippen molar-refractivity contribution in [2.45, 2.75) is 11.2 Å². The summed E-state index contributed by atoms with van der Waals surface area (Å²) in [4.78, 5) is 16.0. The molecule has 0 aliphatic heterocycles. The maximum Gasteiger partial charge on any atom is 0.191 e. The third-order valence-electron chi connectivity index (χ3n) is 2.59. The minimum absolute atomic E-state index is 0.146. The van der Waals surface area contributed by atoms with Gasteiger partial charge in [-0.05, 0) is 25.1 Å². The Morgan fingerprint density at radius 1 is 1.56 bits per heavy atom. The lowest BCUT2D eigenvalue weighted by Gasteiger charge is -2.01. The average molecular weight is 302 g/mol. The maximum absolute atomic E-state index is 11.7. The topological polar surface area (TPSA) is 34.9 Å². The molecule has 1 atom stereocenters. The molecule has 2 rings (SSSR count). The average Bonchev–Trinajstić information content (AvgIpc) is 2.53. The molecule has 0 bridgehead atoms. The minimum Gasteiger partial charge on any atom is -0.331 e. The van der Waals surface area contributed by atoms with Crippen LogP contribution in [0.5, 0.6) is 0 Å². The zero-order valence-electron chi connectivity index (χ0n) is 8.87. The first kappa shape index (κ1) is 11.6. The van der Waals surface area contributed by atoms with E-state index in [1.807, 2.05) is 24.6 Å². The number of nitrogens with zero attached hydrogens (tertiary/aromatic N) is 2. The van der Waals surface area contributed by atoms with Crippen LogP contribution in [-0.4, -0.2) is 19.6 Å². The van der Waals surface area contributed by atoms with Crippen LogP contribution in [0.4, 0.5) is 0 Å². The zero-order valence-corrected chi connectivity index (χ0v) is 11.2. The molecule has 1 aromatic carbocycles. The molecule has 0 saturated heterocycles. The van der Waals surface area contributed by atoms with Crippen molar-refractivity contribution in [3.63, 3.8) is 0 Å². The second-order valence-corrected chi connectivity index (χ2v) is 5.47. The number of fused-ring (bicyclic) bond motifs is 1. The van der Waals surface area contributed by atoms with Gasteiger partial charge in [0.1, 0.15) is 5.82 Å². The van der Waals surface area contributed by atoms with Crippen LogP contribution in [0.2, 0.25) is 0 Å². The van der Waals surface area contributed by atoms with Crippen molar-refractivity contribution in [3.8, 4) is 0 Å². The lowest BCUT2D eigenvalue weighted by Crippen LogP contribution is -2.07. The van der Waals surface area contributed by atoms with Gasteiger partial charge in [0, 0.05) is 12.6 Å². The number of hydrogen-bond acceptors (Lipinski definition) is 2. The SMILES string of the molecule is Cc1nc2cc(C(=O)C(Cl)Br)ccc2n1C. The minimum atomic E-state index is -0.685. The van der Waals surface area contributed by atoms with Crippen LogP contribution in [0.15, 0.2) is 18.2 Å². The number of halogens is 2. The van der Waals surface area contributed by atoms with E-state index < -0.39 is 4.29 Å². The Morgan fingerprint density at radius 3 is 2.88 bits per heavy atom. The van der Waals surface area contributed by atoms with Gasteiger partial charge in [0.2, 0.25) is 0 Å². The van der Waals surface area contributed by atoms with Gasteiger partial charge in [-0.15, -0.1) is 11.6 Å². The molecule has 0 aliphatic carbocycles. The number of aromatic nitrogens is 2. The molecule has 5 heteroatoms. The summed E-state index contributed by atoms with van der Waals surface area (Å²) in [6, 6.07) is 5.42. The Kier molecular flexibility index (Phi) is 3.04. The van der Waals surface area contributed by atoms with Crippen molar-refractivity contribution in [2.24, 2.45) is 7.05 Å². The van der Waals surface area contributed by atoms with Gasteiger partial charge in [-0.3, -0.25) is 4.79 Å². The number of carbonyl (C=O) groups is 1. The fraction of sp³-hybridized carbons (Fsp3) is 0.273. The van der Waals surface area contributed by atoms with Gasteiger partial charge in [-0.2, -0.15) is 0 Å². The van der Waals surface area contributed by atoms with Crippen molar-refractivity contribution in [1.29, 1.82) is 0 Å². The van der Waals surface area contributed by atoms with Crippen LogP contribution in [0.3, 0.4) is 0 Å². The highest BCUT2D eigenvalue weighted by molar-refractivity contribution is 9.10. The van der Waals surface area contributed by atoms with Crippen LogP contribution >= 0.6 is 27.5 Å². The maximum atomic E-state index is 11.7. The molecule has 2 aromatic rings. The Bertz CT molecular complexity index is 562. The Morgan fingerprint density at radius 2 is 2.25 bits per heavy atom. The number of rotatable bonds is 2. The van der Waals surface area contributed by atoms with Crippen molar-refractivity contribution in [2.75, 3.05) is 0 Å². The lowest BCUT2D eigenvalue weighted by molar-refractivity contribution is 0.101. The van der Waals surface area contributed by atoms with Gasteiger partial charge in [0.25, 0.3) is 0 Å². The Balaban J connectivity index is 2.57. The lowest BCUT2D eigenvalue weighted by atomic mass is 10.1. The largest absolute Gasteiger partial charge is 0.331 e. The first-order valence-electron chi connectivity index (χ1n) is 4.76. The summed E-state index contributed by atoms with van der Waals surface area (Å²) in [6.07, 6.45) is 0. The Labute approximate surface area is 107 Å². The van der Waals surface area contributed by atoms with Gasteiger partial charge in [-0.1, -0.05) is 15.9 Å². The predicted octanol–water partition coefficient (Wildman–Crippen LogP) is 3.02. The third-order valence-corrected chi connectivity index (χ3v) is 3.20. The van der Waals surface area contributed by atoms with E-state index in [1.165, 1.54) is 0 Å². The number of hydrogen-bond donors (Lipinski definition) is 0. The molecule has 0 aliphatic rings. The number of carbonyl (C=O) groups excluding carboxylic acids is 1. The van der Waals surface area contributed by atoms with Gasteiger partial charge in [0.15, 0.2) is 10.1 Å². The smallest absolute Gasteiger partial charge is 0.191 e. The summed E-state index contributed by atoms with van der Waals surface area (Å²) in [5.74, 6) is 0.771. The molecule has 84 valence electrons. The molecule has 0 amide bonds. The van der Waals surface area contributed by atoms with Gasteiger partial charge >= 0.3 is 0 Å². The van der Waals surface area contributed by atoms with Crippen LogP contribution < -0.4 is 0 Å². The van der Waals surface area contributed by atoms with E-state index in [4.69, 9.17) is 11.6 Å². The van der Waals surface area contributed by atoms with E-state index in [0.717, 1.165) is 16.9 Å². The number of Topliss-reactive ketones (excluding diaryl/α,β-unsaturated/α-hetero) is 1. The molecule has 3 nitrogen and oxygen atoms in total. The fourth-order valence-electron chi connectivity index (χ4n) is 1.60. The molecular weight excluding hydrogens is 291 g/mol. The first-order chi connectivity index (χ1) is 7.50. The highest BCUT2D eigenvalue weighted by Gasteiger charge is 2.15. The van der Waals surface area contributed by atoms with Crippen LogP contribution in [0.1, 0.15) is 16.2 Å². The summed E-state index contributed by atoms with van der Waals surface area (Å²) in [6.45, 7) is 1.93. The van der Waals surface area contributed by atoms with Gasteiger partial charge in [0.05, 0.1) is 11.0 Å². The van der Waals surface area contributed by atoms with E-state index in [-0.39, 0.29) is 5.78 Å². The van der Waals surface area contributed by atoms with E-state index >= 15 is 0 Å². The van der Waals surface area contributed by atoms with Crippen LogP contribution in [-0.2, 0) is 7.05 Å². The molecule has 0 radical (unpaired) electrons. The Hall–Kier alpha value is -0.870. The van der Waals surface area contributed by atoms with E-state index in [2.05, 4.69) is 20.9 Å². The summed E-state index contributed by atoms with van der Waals surface area (Å²) >= 11 is 8.74. The van der Waals surface area contributed by atoms with Crippen LogP contribution in [0, 0.1) is 6.92 Å². The zero-order chi connectivity index (χ0) is 11.9. The number of aryl methyl sites for hydroxylation is 2. The second-order valence-electron chi connectivity index (χ2n) is 3.59. The molecular formula is C11H10BrClN2O. The van der Waals surface area contributed by atoms with Crippen molar-refractivity contribution >= 4 is 44.3 Å². The molecule has 0 saturated carbocycles. The molecule has 1 heterocycles. The van der Waals surface area contributed by atoms with Gasteiger partial charge in [-0.25, -0.2) is 4.98 Å². The number of alkyl halides is 2. The summed E-state index contributed by atoms with van der Waals surface area (Å²) in [5.41, 5.74) is 2.40. The second kappa shape index (κ2) is 4.18. The predicted molar refractivity (Wildman–Crippen MR) is 68.3 cm³/mol. The van der Waals surface area contributed by atoms with Gasteiger partial charge < -0.3 is 4.57 Å². The normalized spacial score (nSPS) is 13.0. The van der Waals surface area contributed by atoms with Crippen molar-refractivity contribution < 1.29 is 4.79 Å². The van der Waals surface area contributed by atoms with Crippen molar-refractivity contribution in [3.05, 3.63) is 29.6 Å². The van der Waals surface area contributed by atoms with E-state index in [1.54, 1.807) is 12.1 Å². The fourth-order valence-corrected chi connectivity index (χ4v) is 1.99. The quantitative estimate of drug-likeness (QED) is 0.631. The summed E-state index contributed by atoms with van der Waals surface area (Å²) in [5, 5.41) is 0. The standard InChI is InChI=1S/C11H10BrClN2O/c1-6-14-8-5-7(10(16)11(12)13)3-4-9(8)15(6)2/h3-5,11H,1-2H3. The molecule has 0 fully saturated rings. The summed E-state index contributed by atoms with van der Waals surface area (Å²) < 4.78 is 1.30. The first-order valence-corrected chi connectivity index (χ1v) is 6.11. The molecule has 0 spiro atoms. The monoisotopic (exact) mass is 300 g/mol. The molecule has 0 N–H and O–H groups in total. The van der Waals surface area contributed by atoms with Crippen LogP contribution in [0.25, 0.3) is 11.0 Å². The number of benzene rings is 1. The van der Waals surface area contributed by atoms with E-state index in [0.29, 0.717) is 5.56 Å². The molecule has 1 aromatic heterocycles. The van der Waals surface area contributed by atoms with E-state index in [9.17, 15) is 4.79 Å². The molecule has 16 heavy (non-hydrogen) atoms. The number of imidazole rings is 1. The summed E-state index contributed by atoms with van der Waals surface area (Å²) in [7, 11) is 1.95. The highest BCUT2D eigenvalue weighted by Crippen LogP contribution is 2.19. The highest BCUT2D eigenvalue weighted by atomic mass is 79.9. The molecule has 1 unspecified atom stereocenters. The number of ketones is 1.